The van der Waals surface area contributed by atoms with E-state index in [9.17, 15) is 4.79 Å². The number of fused-ring (bicyclic) bond motifs is 1. The monoisotopic (exact) mass is 241 g/mol. The molecule has 2 nitrogen and oxygen atoms in total. The molecule has 0 spiro atoms. The molecular weight excluding hydrogens is 222 g/mol. The molecule has 0 saturated heterocycles. The van der Waals surface area contributed by atoms with Gasteiger partial charge in [0.25, 0.3) is 0 Å². The van der Waals surface area contributed by atoms with Gasteiger partial charge >= 0.3 is 0 Å². The van der Waals surface area contributed by atoms with Gasteiger partial charge in [0.1, 0.15) is 5.78 Å². The molecule has 1 aliphatic carbocycles. The Kier molecular flexibility index (Phi) is 2.94. The van der Waals surface area contributed by atoms with E-state index in [1.165, 1.54) is 28.5 Å². The Morgan fingerprint density at radius 3 is 3.06 bits per heavy atom. The fourth-order valence-electron chi connectivity index (χ4n) is 3.07. The zero-order chi connectivity index (χ0) is 12.5. The zero-order valence-corrected chi connectivity index (χ0v) is 10.8. The molecular formula is C16H19NO. The molecule has 2 aromatic rings. The molecule has 0 amide bonds. The third-order valence-corrected chi connectivity index (χ3v) is 4.16. The van der Waals surface area contributed by atoms with Crippen LogP contribution in [0.4, 0.5) is 0 Å². The number of rotatable bonds is 2. The van der Waals surface area contributed by atoms with E-state index in [1.807, 2.05) is 0 Å². The average Bonchev–Trinajstić information content (AvgIpc) is 2.77. The Balaban J connectivity index is 1.91. The van der Waals surface area contributed by atoms with E-state index in [0.29, 0.717) is 5.78 Å². The zero-order valence-electron chi connectivity index (χ0n) is 10.8. The first-order valence-corrected chi connectivity index (χ1v) is 6.84. The highest BCUT2D eigenvalue weighted by molar-refractivity contribution is 5.87. The molecule has 3 rings (SSSR count). The van der Waals surface area contributed by atoms with Gasteiger partial charge in [-0.15, -0.1) is 0 Å². The van der Waals surface area contributed by atoms with Gasteiger partial charge in [-0.05, 0) is 37.3 Å². The van der Waals surface area contributed by atoms with Gasteiger partial charge in [0, 0.05) is 29.4 Å². The maximum atomic E-state index is 11.9. The third kappa shape index (κ3) is 1.96. The summed E-state index contributed by atoms with van der Waals surface area (Å²) in [6.07, 6.45) is 7.13. The highest BCUT2D eigenvalue weighted by Crippen LogP contribution is 2.28. The smallest absolute Gasteiger partial charge is 0.136 e. The van der Waals surface area contributed by atoms with Crippen molar-refractivity contribution in [3.8, 4) is 0 Å². The maximum Gasteiger partial charge on any atom is 0.136 e. The second kappa shape index (κ2) is 4.60. The summed E-state index contributed by atoms with van der Waals surface area (Å²) in [5.41, 5.74) is 3.79. The van der Waals surface area contributed by atoms with Gasteiger partial charge in [-0.3, -0.25) is 4.79 Å². The number of aromatic nitrogens is 1. The molecule has 1 N–H and O–H groups in total. The summed E-state index contributed by atoms with van der Waals surface area (Å²) in [5.74, 6) is 0.710. The van der Waals surface area contributed by atoms with Crippen LogP contribution in [0.25, 0.3) is 10.9 Å². The molecule has 18 heavy (non-hydrogen) atoms. The van der Waals surface area contributed by atoms with Gasteiger partial charge in [-0.2, -0.15) is 0 Å². The van der Waals surface area contributed by atoms with E-state index < -0.39 is 0 Å². The van der Waals surface area contributed by atoms with Crippen LogP contribution in [0.5, 0.6) is 0 Å². The standard InChI is InChI=1S/C16H19NO/c1-11-5-4-7-14-13(10-17-16(11)14)9-12-6-2-3-8-15(12)18/h4-5,7,10,12,17H,2-3,6,8-9H2,1H3. The van der Waals surface area contributed by atoms with Gasteiger partial charge in [0.05, 0.1) is 0 Å². The highest BCUT2D eigenvalue weighted by Gasteiger charge is 2.23. The number of H-pyrrole nitrogens is 1. The molecule has 1 heterocycles. The summed E-state index contributed by atoms with van der Waals surface area (Å²) in [4.78, 5) is 15.3. The quantitative estimate of drug-likeness (QED) is 0.852. The van der Waals surface area contributed by atoms with Gasteiger partial charge in [0.2, 0.25) is 0 Å². The Hall–Kier alpha value is -1.57. The first-order chi connectivity index (χ1) is 8.75. The van der Waals surface area contributed by atoms with Gasteiger partial charge in [-0.25, -0.2) is 0 Å². The molecule has 1 atom stereocenters. The Labute approximate surface area is 107 Å². The van der Waals surface area contributed by atoms with Crippen LogP contribution in [0, 0.1) is 12.8 Å². The molecule has 1 aliphatic rings. The van der Waals surface area contributed by atoms with Crippen LogP contribution < -0.4 is 0 Å². The molecule has 94 valence electrons. The number of carbonyl (C=O) groups is 1. The van der Waals surface area contributed by atoms with Crippen LogP contribution in [0.1, 0.15) is 36.8 Å². The topological polar surface area (TPSA) is 32.9 Å². The van der Waals surface area contributed by atoms with Crippen molar-refractivity contribution in [1.29, 1.82) is 0 Å². The average molecular weight is 241 g/mol. The number of hydrogen-bond acceptors (Lipinski definition) is 1. The molecule has 1 aromatic carbocycles. The van der Waals surface area contributed by atoms with Crippen molar-refractivity contribution in [1.82, 2.24) is 4.98 Å². The lowest BCUT2D eigenvalue weighted by molar-refractivity contribution is -0.124. The molecule has 0 radical (unpaired) electrons. The van der Waals surface area contributed by atoms with Gasteiger partial charge in [0.15, 0.2) is 0 Å². The lowest BCUT2D eigenvalue weighted by Crippen LogP contribution is -2.20. The van der Waals surface area contributed by atoms with Crippen molar-refractivity contribution in [2.75, 3.05) is 0 Å². The number of Topliss-reactive ketones (excluding diaryl/α,β-unsaturated/α-hetero) is 1. The van der Waals surface area contributed by atoms with Crippen molar-refractivity contribution in [2.24, 2.45) is 5.92 Å². The van der Waals surface area contributed by atoms with Crippen molar-refractivity contribution in [3.05, 3.63) is 35.5 Å². The van der Waals surface area contributed by atoms with E-state index in [1.54, 1.807) is 0 Å². The number of ketones is 1. The fraction of sp³-hybridized carbons (Fsp3) is 0.438. The number of hydrogen-bond donors (Lipinski definition) is 1. The van der Waals surface area contributed by atoms with Crippen LogP contribution in [-0.4, -0.2) is 10.8 Å². The summed E-state index contributed by atoms with van der Waals surface area (Å²) in [6, 6.07) is 6.37. The number of para-hydroxylation sites is 1. The Morgan fingerprint density at radius 2 is 2.22 bits per heavy atom. The minimum atomic E-state index is 0.248. The number of aryl methyl sites for hydroxylation is 1. The summed E-state index contributed by atoms with van der Waals surface area (Å²) in [6.45, 7) is 2.12. The predicted octanol–water partition coefficient (Wildman–Crippen LogP) is 3.78. The Bertz CT molecular complexity index is 582. The summed E-state index contributed by atoms with van der Waals surface area (Å²) >= 11 is 0. The fourth-order valence-corrected chi connectivity index (χ4v) is 3.07. The van der Waals surface area contributed by atoms with E-state index in [2.05, 4.69) is 36.3 Å². The molecule has 0 aliphatic heterocycles. The predicted molar refractivity (Wildman–Crippen MR) is 73.7 cm³/mol. The van der Waals surface area contributed by atoms with Crippen LogP contribution in [0.2, 0.25) is 0 Å². The number of nitrogens with one attached hydrogen (secondary N) is 1. The molecule has 1 unspecified atom stereocenters. The Morgan fingerprint density at radius 1 is 1.33 bits per heavy atom. The summed E-state index contributed by atoms with van der Waals surface area (Å²) < 4.78 is 0. The van der Waals surface area contributed by atoms with E-state index >= 15 is 0 Å². The van der Waals surface area contributed by atoms with Gasteiger partial charge < -0.3 is 4.98 Å². The van der Waals surface area contributed by atoms with Crippen molar-refractivity contribution >= 4 is 16.7 Å². The lowest BCUT2D eigenvalue weighted by atomic mass is 9.83. The second-order valence-electron chi connectivity index (χ2n) is 5.42. The summed E-state index contributed by atoms with van der Waals surface area (Å²) in [7, 11) is 0. The number of carbonyl (C=O) groups excluding carboxylic acids is 1. The molecule has 0 bridgehead atoms. The SMILES string of the molecule is Cc1cccc2c(CC3CCCCC3=O)c[nH]c12. The van der Waals surface area contributed by atoms with Crippen LogP contribution >= 0.6 is 0 Å². The van der Waals surface area contributed by atoms with E-state index in [0.717, 1.165) is 25.7 Å². The van der Waals surface area contributed by atoms with Gasteiger partial charge in [-0.1, -0.05) is 24.6 Å². The number of aromatic amines is 1. The van der Waals surface area contributed by atoms with Crippen LogP contribution in [0.15, 0.2) is 24.4 Å². The second-order valence-corrected chi connectivity index (χ2v) is 5.42. The first-order valence-electron chi connectivity index (χ1n) is 6.84. The third-order valence-electron chi connectivity index (χ3n) is 4.16. The number of benzene rings is 1. The largest absolute Gasteiger partial charge is 0.361 e. The molecule has 2 heteroatoms. The summed E-state index contributed by atoms with van der Waals surface area (Å²) in [5, 5.41) is 1.29. The van der Waals surface area contributed by atoms with Crippen molar-refractivity contribution in [2.45, 2.75) is 39.0 Å². The minimum absolute atomic E-state index is 0.248. The van der Waals surface area contributed by atoms with Crippen LogP contribution in [-0.2, 0) is 11.2 Å². The van der Waals surface area contributed by atoms with E-state index in [-0.39, 0.29) is 5.92 Å². The van der Waals surface area contributed by atoms with Crippen LogP contribution in [0.3, 0.4) is 0 Å². The first kappa shape index (κ1) is 11.5. The van der Waals surface area contributed by atoms with Crippen molar-refractivity contribution in [3.63, 3.8) is 0 Å². The van der Waals surface area contributed by atoms with E-state index in [4.69, 9.17) is 0 Å². The van der Waals surface area contributed by atoms with Crippen molar-refractivity contribution < 1.29 is 4.79 Å². The molecule has 1 fully saturated rings. The highest BCUT2D eigenvalue weighted by atomic mass is 16.1. The maximum absolute atomic E-state index is 11.9. The normalized spacial score (nSPS) is 20.5. The lowest BCUT2D eigenvalue weighted by Gasteiger charge is -2.19. The molecule has 1 aromatic heterocycles. The minimum Gasteiger partial charge on any atom is -0.361 e. The molecule has 1 saturated carbocycles.